The van der Waals surface area contributed by atoms with Gasteiger partial charge in [0, 0.05) is 19.3 Å². The monoisotopic (exact) mass is 769 g/mol. The molecule has 0 N–H and O–H groups in total. The first kappa shape index (κ1) is 52.1. The molecule has 0 aliphatic carbocycles. The van der Waals surface area contributed by atoms with Gasteiger partial charge in [0.1, 0.15) is 13.2 Å². The lowest BCUT2D eigenvalue weighted by Crippen LogP contribution is -2.30. The Bertz CT molecular complexity index is 1010. The third-order valence-electron chi connectivity index (χ3n) is 9.61. The van der Waals surface area contributed by atoms with Crippen LogP contribution in [0.25, 0.3) is 0 Å². The molecule has 316 valence electrons. The smallest absolute Gasteiger partial charge is 0.306 e. The van der Waals surface area contributed by atoms with Crippen LogP contribution in [0.4, 0.5) is 0 Å². The van der Waals surface area contributed by atoms with Crippen molar-refractivity contribution in [1.82, 2.24) is 0 Å². The fourth-order valence-corrected chi connectivity index (χ4v) is 6.13. The summed E-state index contributed by atoms with van der Waals surface area (Å²) >= 11 is 0. The molecule has 6 nitrogen and oxygen atoms in total. The number of ether oxygens (including phenoxy) is 3. The van der Waals surface area contributed by atoms with E-state index in [1.54, 1.807) is 0 Å². The van der Waals surface area contributed by atoms with Crippen molar-refractivity contribution in [2.45, 2.75) is 219 Å². The van der Waals surface area contributed by atoms with Crippen molar-refractivity contribution in [2.24, 2.45) is 0 Å². The predicted octanol–water partition coefficient (Wildman–Crippen LogP) is 14.5. The van der Waals surface area contributed by atoms with Crippen molar-refractivity contribution in [1.29, 1.82) is 0 Å². The summed E-state index contributed by atoms with van der Waals surface area (Å²) in [6.07, 6.45) is 51.0. The lowest BCUT2D eigenvalue weighted by atomic mass is 10.1. The number of allylic oxidation sites excluding steroid dienone is 9. The van der Waals surface area contributed by atoms with E-state index in [1.165, 1.54) is 51.4 Å². The molecule has 0 aliphatic rings. The van der Waals surface area contributed by atoms with Crippen molar-refractivity contribution < 1.29 is 28.6 Å². The second kappa shape index (κ2) is 43.8. The fourth-order valence-electron chi connectivity index (χ4n) is 6.13. The zero-order valence-electron chi connectivity index (χ0n) is 35.8. The predicted molar refractivity (Wildman–Crippen MR) is 233 cm³/mol. The maximum Gasteiger partial charge on any atom is 0.306 e. The van der Waals surface area contributed by atoms with Crippen LogP contribution in [0.15, 0.2) is 61.3 Å². The molecule has 0 amide bonds. The van der Waals surface area contributed by atoms with Gasteiger partial charge in [-0.25, -0.2) is 0 Å². The topological polar surface area (TPSA) is 78.9 Å². The Labute approximate surface area is 339 Å². The minimum Gasteiger partial charge on any atom is -0.462 e. The quantitative estimate of drug-likeness (QED) is 0.0267. The third kappa shape index (κ3) is 42.1. The molecule has 0 spiro atoms. The highest BCUT2D eigenvalue weighted by molar-refractivity contribution is 5.71. The molecule has 0 radical (unpaired) electrons. The van der Waals surface area contributed by atoms with Gasteiger partial charge >= 0.3 is 17.9 Å². The van der Waals surface area contributed by atoms with Gasteiger partial charge in [-0.1, -0.05) is 152 Å². The average Bonchev–Trinajstić information content (AvgIpc) is 3.18. The SMILES string of the molecule is C=CCCCCCCCC(=O)OCC(COC(=O)CCCCCCC/C=C\C/C=C\CCCCC)OC(=O)CCCCCCC/C=C\C/C=C\CCCCC. The summed E-state index contributed by atoms with van der Waals surface area (Å²) in [5.74, 6) is -0.948. The highest BCUT2D eigenvalue weighted by Gasteiger charge is 2.19. The first-order valence-electron chi connectivity index (χ1n) is 22.7. The van der Waals surface area contributed by atoms with Gasteiger partial charge in [-0.3, -0.25) is 14.4 Å². The molecule has 55 heavy (non-hydrogen) atoms. The molecule has 6 heteroatoms. The van der Waals surface area contributed by atoms with Crippen molar-refractivity contribution in [3.8, 4) is 0 Å². The number of carbonyl (C=O) groups excluding carboxylic acids is 3. The second-order valence-electron chi connectivity index (χ2n) is 15.0. The van der Waals surface area contributed by atoms with E-state index in [9.17, 15) is 14.4 Å². The molecule has 0 saturated heterocycles. The Morgan fingerprint density at radius 2 is 0.745 bits per heavy atom. The molecule has 0 aromatic heterocycles. The van der Waals surface area contributed by atoms with E-state index in [1.807, 2.05) is 6.08 Å². The van der Waals surface area contributed by atoms with Crippen molar-refractivity contribution >= 4 is 17.9 Å². The van der Waals surface area contributed by atoms with E-state index in [2.05, 4.69) is 69.0 Å². The summed E-state index contributed by atoms with van der Waals surface area (Å²) in [7, 11) is 0. The molecule has 1 unspecified atom stereocenters. The van der Waals surface area contributed by atoms with Crippen LogP contribution in [0.1, 0.15) is 213 Å². The van der Waals surface area contributed by atoms with E-state index in [0.29, 0.717) is 19.3 Å². The van der Waals surface area contributed by atoms with Crippen LogP contribution in [0, 0.1) is 0 Å². The van der Waals surface area contributed by atoms with Crippen LogP contribution >= 0.6 is 0 Å². The molecule has 0 aromatic carbocycles. The van der Waals surface area contributed by atoms with Crippen LogP contribution in [-0.2, 0) is 28.6 Å². The molecule has 1 atom stereocenters. The Morgan fingerprint density at radius 1 is 0.418 bits per heavy atom. The number of unbranched alkanes of at least 4 members (excludes halogenated alkanes) is 21. The Morgan fingerprint density at radius 3 is 1.13 bits per heavy atom. The van der Waals surface area contributed by atoms with E-state index in [-0.39, 0.29) is 31.1 Å². The first-order chi connectivity index (χ1) is 27.0. The summed E-state index contributed by atoms with van der Waals surface area (Å²) in [6, 6.07) is 0. The van der Waals surface area contributed by atoms with E-state index >= 15 is 0 Å². The summed E-state index contributed by atoms with van der Waals surface area (Å²) in [4.78, 5) is 37.6. The van der Waals surface area contributed by atoms with Crippen molar-refractivity contribution in [3.63, 3.8) is 0 Å². The molecule has 0 heterocycles. The van der Waals surface area contributed by atoms with E-state index < -0.39 is 6.10 Å². The lowest BCUT2D eigenvalue weighted by Gasteiger charge is -2.18. The van der Waals surface area contributed by atoms with Gasteiger partial charge < -0.3 is 14.2 Å². The third-order valence-corrected chi connectivity index (χ3v) is 9.61. The van der Waals surface area contributed by atoms with Crippen molar-refractivity contribution in [2.75, 3.05) is 13.2 Å². The maximum absolute atomic E-state index is 12.7. The van der Waals surface area contributed by atoms with Crippen LogP contribution in [0.5, 0.6) is 0 Å². The Balaban J connectivity index is 4.36. The van der Waals surface area contributed by atoms with E-state index in [0.717, 1.165) is 128 Å². The highest BCUT2D eigenvalue weighted by Crippen LogP contribution is 2.13. The molecular formula is C49H84O6. The number of rotatable bonds is 41. The molecular weight excluding hydrogens is 685 g/mol. The molecule has 0 saturated carbocycles. The van der Waals surface area contributed by atoms with Crippen LogP contribution < -0.4 is 0 Å². The maximum atomic E-state index is 12.7. The van der Waals surface area contributed by atoms with Crippen LogP contribution in [0.2, 0.25) is 0 Å². The standard InChI is InChI=1S/C49H84O6/c1-4-7-10-13-16-18-20-22-24-26-28-30-33-36-39-42-48(51)54-45-46(44-53-47(50)41-38-35-32-15-12-9-6-3)55-49(52)43-40-37-34-31-29-27-25-23-21-19-17-14-11-8-5-2/h6,16-19,22-25,46H,3-5,7-15,20-21,26-45H2,1-2H3/b18-16-,19-17-,24-22-,25-23-. The van der Waals surface area contributed by atoms with Crippen LogP contribution in [0.3, 0.4) is 0 Å². The summed E-state index contributed by atoms with van der Waals surface area (Å²) in [6.45, 7) is 8.04. The molecule has 0 bridgehead atoms. The summed E-state index contributed by atoms with van der Waals surface area (Å²) < 4.78 is 16.6. The second-order valence-corrected chi connectivity index (χ2v) is 15.0. The number of hydrogen-bond acceptors (Lipinski definition) is 6. The Hall–Kier alpha value is -2.89. The highest BCUT2D eigenvalue weighted by atomic mass is 16.6. The van der Waals surface area contributed by atoms with Crippen LogP contribution in [-0.4, -0.2) is 37.2 Å². The minimum atomic E-state index is -0.790. The molecule has 0 aromatic rings. The summed E-state index contributed by atoms with van der Waals surface area (Å²) in [5.41, 5.74) is 0. The Kier molecular flexibility index (Phi) is 41.5. The van der Waals surface area contributed by atoms with Gasteiger partial charge in [0.2, 0.25) is 0 Å². The van der Waals surface area contributed by atoms with Crippen molar-refractivity contribution in [3.05, 3.63) is 61.3 Å². The molecule has 0 aliphatic heterocycles. The normalized spacial score (nSPS) is 12.3. The zero-order chi connectivity index (χ0) is 40.1. The molecule has 0 fully saturated rings. The van der Waals surface area contributed by atoms with Gasteiger partial charge in [-0.05, 0) is 96.3 Å². The number of esters is 3. The van der Waals surface area contributed by atoms with Gasteiger partial charge in [0.25, 0.3) is 0 Å². The fraction of sp³-hybridized carbons (Fsp3) is 0.735. The van der Waals surface area contributed by atoms with E-state index in [4.69, 9.17) is 14.2 Å². The first-order valence-corrected chi connectivity index (χ1v) is 22.7. The number of hydrogen-bond donors (Lipinski definition) is 0. The molecule has 0 rings (SSSR count). The van der Waals surface area contributed by atoms with Gasteiger partial charge in [0.15, 0.2) is 6.10 Å². The summed E-state index contributed by atoms with van der Waals surface area (Å²) in [5, 5.41) is 0. The average molecular weight is 769 g/mol. The zero-order valence-corrected chi connectivity index (χ0v) is 35.8. The minimum absolute atomic E-state index is 0.0937. The largest absolute Gasteiger partial charge is 0.462 e. The number of carbonyl (C=O) groups is 3. The van der Waals surface area contributed by atoms with Gasteiger partial charge in [-0.15, -0.1) is 6.58 Å². The lowest BCUT2D eigenvalue weighted by molar-refractivity contribution is -0.167. The van der Waals surface area contributed by atoms with Gasteiger partial charge in [-0.2, -0.15) is 0 Å². The van der Waals surface area contributed by atoms with Gasteiger partial charge in [0.05, 0.1) is 0 Å².